The highest BCUT2D eigenvalue weighted by atomic mass is 32.2. The average molecular weight is 274 g/mol. The summed E-state index contributed by atoms with van der Waals surface area (Å²) < 4.78 is 38.9. The number of hydrogen-bond donors (Lipinski definition) is 1. The maximum absolute atomic E-state index is 13.4. The van der Waals surface area contributed by atoms with Crippen LogP contribution < -0.4 is 9.83 Å². The van der Waals surface area contributed by atoms with Crippen LogP contribution in [0.4, 0.5) is 4.39 Å². The van der Waals surface area contributed by atoms with Crippen LogP contribution in [0.1, 0.15) is 13.8 Å². The molecule has 0 bridgehead atoms. The minimum absolute atomic E-state index is 0.517. The summed E-state index contributed by atoms with van der Waals surface area (Å²) in [6, 6.07) is 3.32. The fraction of sp³-hybridized carbons (Fsp3) is 0.364. The Morgan fingerprint density at radius 3 is 2.33 bits per heavy atom. The molecular weight excluding hydrogens is 261 g/mol. The summed E-state index contributed by atoms with van der Waals surface area (Å²) in [6.07, 6.45) is 0. The van der Waals surface area contributed by atoms with Crippen molar-refractivity contribution in [2.45, 2.75) is 24.8 Å². The number of hydrogen-bond acceptors (Lipinski definition) is 4. The first-order chi connectivity index (χ1) is 8.25. The molecule has 1 unspecified atom stereocenters. The normalized spacial score (nSPS) is 13.6. The maximum atomic E-state index is 13.4. The largest absolute Gasteiger partial charge is 0.548 e. The van der Waals surface area contributed by atoms with Gasteiger partial charge in [0.15, 0.2) is 0 Å². The second kappa shape index (κ2) is 5.45. The van der Waals surface area contributed by atoms with Gasteiger partial charge in [-0.15, -0.1) is 0 Å². The summed E-state index contributed by atoms with van der Waals surface area (Å²) in [7, 11) is -4.23. The molecule has 0 saturated carbocycles. The number of sulfonamides is 1. The molecule has 18 heavy (non-hydrogen) atoms. The van der Waals surface area contributed by atoms with E-state index in [1.54, 1.807) is 0 Å². The van der Waals surface area contributed by atoms with Gasteiger partial charge in [0.1, 0.15) is 10.7 Å². The van der Waals surface area contributed by atoms with Gasteiger partial charge < -0.3 is 9.90 Å². The highest BCUT2D eigenvalue weighted by Gasteiger charge is 2.25. The molecule has 0 aliphatic heterocycles. The Kier molecular flexibility index (Phi) is 4.42. The molecule has 0 fully saturated rings. The molecule has 0 heterocycles. The number of benzene rings is 1. The minimum Gasteiger partial charge on any atom is -0.548 e. The molecule has 1 aromatic rings. The quantitative estimate of drug-likeness (QED) is 0.811. The number of nitrogens with one attached hydrogen (secondary N) is 1. The van der Waals surface area contributed by atoms with Crippen molar-refractivity contribution in [3.63, 3.8) is 0 Å². The monoisotopic (exact) mass is 274 g/mol. The molecule has 1 atom stereocenters. The van der Waals surface area contributed by atoms with Crippen molar-refractivity contribution in [3.05, 3.63) is 30.1 Å². The van der Waals surface area contributed by atoms with Crippen LogP contribution in [0.5, 0.6) is 0 Å². The van der Waals surface area contributed by atoms with E-state index < -0.39 is 38.7 Å². The zero-order chi connectivity index (χ0) is 13.9. The number of carbonyl (C=O) groups excluding carboxylic acids is 1. The van der Waals surface area contributed by atoms with Crippen molar-refractivity contribution in [1.29, 1.82) is 0 Å². The summed E-state index contributed by atoms with van der Waals surface area (Å²) in [6.45, 7) is 3.04. The van der Waals surface area contributed by atoms with Crippen LogP contribution in [-0.2, 0) is 14.8 Å². The summed E-state index contributed by atoms with van der Waals surface area (Å²) >= 11 is 0. The molecule has 1 N–H and O–H groups in total. The first-order valence-corrected chi connectivity index (χ1v) is 6.71. The molecule has 0 aliphatic rings. The van der Waals surface area contributed by atoms with Gasteiger partial charge in [-0.1, -0.05) is 26.0 Å². The Balaban J connectivity index is 3.09. The molecule has 0 spiro atoms. The number of carboxylic acid groups (broad SMARTS) is 1. The minimum atomic E-state index is -4.23. The summed E-state index contributed by atoms with van der Waals surface area (Å²) in [5.74, 6) is -3.01. The molecule has 100 valence electrons. The van der Waals surface area contributed by atoms with Crippen LogP contribution in [-0.4, -0.2) is 20.4 Å². The van der Waals surface area contributed by atoms with Crippen LogP contribution in [0, 0.1) is 11.7 Å². The summed E-state index contributed by atoms with van der Waals surface area (Å²) in [5, 5.41) is 10.8. The Morgan fingerprint density at radius 1 is 1.33 bits per heavy atom. The lowest BCUT2D eigenvalue weighted by Crippen LogP contribution is -2.50. The molecule has 0 aromatic heterocycles. The van der Waals surface area contributed by atoms with Gasteiger partial charge in [0.25, 0.3) is 0 Å². The SMILES string of the molecule is CC(C)C(NS(=O)(=O)c1ccccc1F)C(=O)[O-]. The van der Waals surface area contributed by atoms with Gasteiger partial charge in [0.05, 0.1) is 12.0 Å². The first kappa shape index (κ1) is 14.6. The second-order valence-electron chi connectivity index (χ2n) is 4.09. The number of aliphatic carboxylic acids is 1. The van der Waals surface area contributed by atoms with E-state index in [9.17, 15) is 22.7 Å². The first-order valence-electron chi connectivity index (χ1n) is 5.23. The van der Waals surface area contributed by atoms with E-state index in [1.807, 2.05) is 4.72 Å². The Hall–Kier alpha value is -1.47. The van der Waals surface area contributed by atoms with Crippen molar-refractivity contribution >= 4 is 16.0 Å². The topological polar surface area (TPSA) is 86.3 Å². The second-order valence-corrected chi connectivity index (χ2v) is 5.77. The van der Waals surface area contributed by atoms with E-state index >= 15 is 0 Å². The van der Waals surface area contributed by atoms with Crippen LogP contribution in [0.15, 0.2) is 29.2 Å². The number of carboxylic acids is 1. The summed E-state index contributed by atoms with van der Waals surface area (Å²) in [4.78, 5) is 10.2. The average Bonchev–Trinajstić information content (AvgIpc) is 2.25. The van der Waals surface area contributed by atoms with Crippen molar-refractivity contribution in [2.24, 2.45) is 5.92 Å². The van der Waals surface area contributed by atoms with Crippen molar-refractivity contribution < 1.29 is 22.7 Å². The molecule has 0 radical (unpaired) electrons. The fourth-order valence-corrected chi connectivity index (χ4v) is 2.76. The standard InChI is InChI=1S/C11H14FNO4S/c1-7(2)10(11(14)15)13-18(16,17)9-6-4-3-5-8(9)12/h3-7,10,13H,1-2H3,(H,14,15)/p-1. The van der Waals surface area contributed by atoms with Crippen molar-refractivity contribution in [1.82, 2.24) is 4.72 Å². The zero-order valence-electron chi connectivity index (χ0n) is 9.88. The molecule has 0 saturated heterocycles. The lowest BCUT2D eigenvalue weighted by molar-refractivity contribution is -0.309. The predicted octanol–water partition coefficient (Wildman–Crippen LogP) is -0.121. The third-order valence-corrected chi connectivity index (χ3v) is 3.80. The molecule has 0 amide bonds. The molecule has 7 heteroatoms. The van der Waals surface area contributed by atoms with E-state index in [0.717, 1.165) is 12.1 Å². The summed E-state index contributed by atoms with van der Waals surface area (Å²) in [5.41, 5.74) is 0. The third-order valence-electron chi connectivity index (χ3n) is 2.33. The van der Waals surface area contributed by atoms with Gasteiger partial charge >= 0.3 is 0 Å². The molecular formula is C11H13FNO4S-. The molecule has 5 nitrogen and oxygen atoms in total. The third kappa shape index (κ3) is 3.27. The molecule has 0 aliphatic carbocycles. The van der Waals surface area contributed by atoms with Gasteiger partial charge in [0.2, 0.25) is 10.0 Å². The fourth-order valence-electron chi connectivity index (χ4n) is 1.35. The number of halogens is 1. The van der Waals surface area contributed by atoms with Gasteiger partial charge in [-0.2, -0.15) is 0 Å². The number of carbonyl (C=O) groups is 1. The predicted molar refractivity (Wildman–Crippen MR) is 60.4 cm³/mol. The highest BCUT2D eigenvalue weighted by molar-refractivity contribution is 7.89. The van der Waals surface area contributed by atoms with E-state index in [-0.39, 0.29) is 0 Å². The van der Waals surface area contributed by atoms with E-state index in [1.165, 1.54) is 26.0 Å². The molecule has 1 aromatic carbocycles. The van der Waals surface area contributed by atoms with E-state index in [2.05, 4.69) is 0 Å². The smallest absolute Gasteiger partial charge is 0.244 e. The van der Waals surface area contributed by atoms with Crippen molar-refractivity contribution in [3.8, 4) is 0 Å². The number of rotatable bonds is 5. The lowest BCUT2D eigenvalue weighted by atomic mass is 10.1. The van der Waals surface area contributed by atoms with Crippen LogP contribution in [0.3, 0.4) is 0 Å². The van der Waals surface area contributed by atoms with Crippen LogP contribution in [0.2, 0.25) is 0 Å². The lowest BCUT2D eigenvalue weighted by Gasteiger charge is -2.23. The Labute approximate surface area is 105 Å². The van der Waals surface area contributed by atoms with Crippen LogP contribution >= 0.6 is 0 Å². The van der Waals surface area contributed by atoms with Gasteiger partial charge in [-0.3, -0.25) is 0 Å². The van der Waals surface area contributed by atoms with Crippen molar-refractivity contribution in [2.75, 3.05) is 0 Å². The Morgan fingerprint density at radius 2 is 1.89 bits per heavy atom. The zero-order valence-corrected chi connectivity index (χ0v) is 10.7. The van der Waals surface area contributed by atoms with Crippen LogP contribution in [0.25, 0.3) is 0 Å². The van der Waals surface area contributed by atoms with E-state index in [0.29, 0.717) is 0 Å². The highest BCUT2D eigenvalue weighted by Crippen LogP contribution is 2.15. The Bertz CT molecular complexity index is 542. The van der Waals surface area contributed by atoms with E-state index in [4.69, 9.17) is 0 Å². The maximum Gasteiger partial charge on any atom is 0.244 e. The van der Waals surface area contributed by atoms with Gasteiger partial charge in [-0.05, 0) is 18.1 Å². The van der Waals surface area contributed by atoms with Gasteiger partial charge in [0, 0.05) is 0 Å². The van der Waals surface area contributed by atoms with Gasteiger partial charge in [-0.25, -0.2) is 17.5 Å². The molecule has 1 rings (SSSR count).